The number of hydrogen-bond donors (Lipinski definition) is 1. The lowest BCUT2D eigenvalue weighted by molar-refractivity contribution is 0.0650. The summed E-state index contributed by atoms with van der Waals surface area (Å²) in [6.45, 7) is 7.00. The normalized spacial score (nSPS) is 19.6. The number of nitrogens with zero attached hydrogens (tertiary/aromatic N) is 4. The number of fused-ring (bicyclic) bond motifs is 1. The molecule has 0 aliphatic carbocycles. The Hall–Kier alpha value is -2.59. The van der Waals surface area contributed by atoms with Gasteiger partial charge in [-0.2, -0.15) is 4.98 Å². The molecule has 8 nitrogen and oxygen atoms in total. The molecule has 3 aromatic rings. The fraction of sp³-hybridized carbons (Fsp3) is 0.542. The molecule has 2 aliphatic rings. The third-order valence-electron chi connectivity index (χ3n) is 6.85. The lowest BCUT2D eigenvalue weighted by atomic mass is 9.52. The highest BCUT2D eigenvalue weighted by atomic mass is 19.1. The van der Waals surface area contributed by atoms with E-state index in [4.69, 9.17) is 19.0 Å². The highest BCUT2D eigenvalue weighted by Gasteiger charge is 2.29. The Morgan fingerprint density at radius 3 is 2.53 bits per heavy atom. The largest absolute Gasteiger partial charge is 0.514 e. The molecule has 0 amide bonds. The number of nitrogens with one attached hydrogen (secondary N) is 1. The molecule has 5 rings (SSSR count). The van der Waals surface area contributed by atoms with Crippen LogP contribution in [0.5, 0.6) is 5.75 Å². The molecule has 2 aliphatic heterocycles. The Labute approximate surface area is 213 Å². The summed E-state index contributed by atoms with van der Waals surface area (Å²) in [6, 6.07) is 4.12. The van der Waals surface area contributed by atoms with Crippen LogP contribution >= 0.6 is 0 Å². The molecular weight excluding hydrogens is 458 g/mol. The monoisotopic (exact) mass is 491 g/mol. The number of rotatable bonds is 6. The van der Waals surface area contributed by atoms with Crippen molar-refractivity contribution < 1.29 is 18.4 Å². The van der Waals surface area contributed by atoms with Crippen LogP contribution in [0, 0.1) is 19.7 Å². The van der Waals surface area contributed by atoms with Crippen LogP contribution in [0.4, 0.5) is 10.2 Å². The predicted octanol–water partition coefficient (Wildman–Crippen LogP) is 0.668. The van der Waals surface area contributed by atoms with Crippen LogP contribution in [0.15, 0.2) is 16.7 Å². The summed E-state index contributed by atoms with van der Waals surface area (Å²) in [4.78, 5) is 11.6. The Balaban J connectivity index is 1.49. The van der Waals surface area contributed by atoms with E-state index in [2.05, 4.69) is 20.4 Å². The van der Waals surface area contributed by atoms with Crippen LogP contribution in [0.25, 0.3) is 22.4 Å². The summed E-state index contributed by atoms with van der Waals surface area (Å²) < 4.78 is 32.6. The standard InChI is InChI=1S/C24H33B3FN5O3/c1-13-18-10-17(35-24(25,26)27)11-19(28)21(18)31-22(20(13)23-29-14(2)32-36-23)33-7-5-15(6-8-33)30-16-4-3-9-34-12-16/h10-11,15-16,30H,3-9,12,25-27H2,1-2H3/t16-/m1/s1. The van der Waals surface area contributed by atoms with E-state index >= 15 is 4.39 Å². The van der Waals surface area contributed by atoms with E-state index in [1.54, 1.807) is 6.92 Å². The van der Waals surface area contributed by atoms with Gasteiger partial charge in [0.1, 0.15) is 40.6 Å². The Morgan fingerprint density at radius 2 is 1.89 bits per heavy atom. The first-order valence-electron chi connectivity index (χ1n) is 12.9. The molecule has 2 fully saturated rings. The average Bonchev–Trinajstić information content (AvgIpc) is 3.25. The summed E-state index contributed by atoms with van der Waals surface area (Å²) in [5.41, 5.74) is 1.92. The fourth-order valence-electron chi connectivity index (χ4n) is 5.20. The van der Waals surface area contributed by atoms with Crippen LogP contribution in [-0.4, -0.2) is 82.3 Å². The quantitative estimate of drug-likeness (QED) is 0.505. The van der Waals surface area contributed by atoms with Gasteiger partial charge < -0.3 is 24.2 Å². The molecule has 0 spiro atoms. The maximum Gasteiger partial charge on any atom is 0.261 e. The maximum atomic E-state index is 15.4. The number of aryl methyl sites for hydroxylation is 2. The first-order chi connectivity index (χ1) is 17.2. The van der Waals surface area contributed by atoms with E-state index in [1.807, 2.05) is 36.5 Å². The Morgan fingerprint density at radius 1 is 1.11 bits per heavy atom. The van der Waals surface area contributed by atoms with Crippen molar-refractivity contribution in [3.8, 4) is 17.2 Å². The second-order valence-electron chi connectivity index (χ2n) is 10.9. The molecule has 2 saturated heterocycles. The van der Waals surface area contributed by atoms with Gasteiger partial charge in [-0.15, -0.1) is 0 Å². The topological polar surface area (TPSA) is 85.5 Å². The second-order valence-corrected chi connectivity index (χ2v) is 10.9. The lowest BCUT2D eigenvalue weighted by Gasteiger charge is -2.36. The van der Waals surface area contributed by atoms with Gasteiger partial charge >= 0.3 is 0 Å². The van der Waals surface area contributed by atoms with Crippen molar-refractivity contribution >= 4 is 40.3 Å². The first kappa shape index (κ1) is 25.1. The molecule has 0 bridgehead atoms. The fourth-order valence-corrected chi connectivity index (χ4v) is 5.20. The summed E-state index contributed by atoms with van der Waals surface area (Å²) in [7, 11) is 5.82. The van der Waals surface area contributed by atoms with Gasteiger partial charge in [0, 0.05) is 48.5 Å². The number of hydrogen-bond acceptors (Lipinski definition) is 8. The molecule has 2 aromatic heterocycles. The minimum atomic E-state index is -0.448. The van der Waals surface area contributed by atoms with E-state index in [-0.39, 0.29) is 0 Å². The highest BCUT2D eigenvalue weighted by molar-refractivity contribution is 6.58. The molecule has 0 saturated carbocycles. The van der Waals surface area contributed by atoms with Crippen molar-refractivity contribution in [2.75, 3.05) is 31.2 Å². The number of benzene rings is 1. The third-order valence-corrected chi connectivity index (χ3v) is 6.85. The molecule has 1 atom stereocenters. The van der Waals surface area contributed by atoms with Crippen molar-refractivity contribution in [2.24, 2.45) is 0 Å². The SMILES string of the molecule is BC(B)(B)Oc1cc(F)c2nc(N3CCC(N[C@@H]4CCCOC4)CC3)c(-c3nc(C)no3)c(C)c2c1. The molecule has 1 N–H and O–H groups in total. The van der Waals surface area contributed by atoms with Gasteiger partial charge in [-0.25, -0.2) is 9.37 Å². The van der Waals surface area contributed by atoms with Crippen molar-refractivity contribution in [2.45, 2.75) is 56.9 Å². The van der Waals surface area contributed by atoms with Gasteiger partial charge in [-0.05, 0) is 51.2 Å². The van der Waals surface area contributed by atoms with Gasteiger partial charge in [0.05, 0.1) is 12.2 Å². The number of pyridine rings is 1. The van der Waals surface area contributed by atoms with E-state index in [9.17, 15) is 0 Å². The molecule has 0 unspecified atom stereocenters. The molecule has 0 radical (unpaired) electrons. The minimum Gasteiger partial charge on any atom is -0.514 e. The van der Waals surface area contributed by atoms with Gasteiger partial charge in [0.25, 0.3) is 5.89 Å². The highest BCUT2D eigenvalue weighted by Crippen LogP contribution is 2.39. The first-order valence-corrected chi connectivity index (χ1v) is 12.9. The lowest BCUT2D eigenvalue weighted by Crippen LogP contribution is -2.48. The number of anilines is 1. The number of ether oxygens (including phenoxy) is 2. The number of halogens is 1. The van der Waals surface area contributed by atoms with Crippen LogP contribution in [-0.2, 0) is 4.74 Å². The third kappa shape index (κ3) is 5.39. The van der Waals surface area contributed by atoms with E-state index in [0.29, 0.717) is 46.3 Å². The second kappa shape index (κ2) is 10.1. The van der Waals surface area contributed by atoms with Crippen LogP contribution < -0.4 is 15.0 Å². The minimum absolute atomic E-state index is 0.323. The van der Waals surface area contributed by atoms with Gasteiger partial charge in [0.15, 0.2) is 11.6 Å². The smallest absolute Gasteiger partial charge is 0.261 e. The summed E-state index contributed by atoms with van der Waals surface area (Å²) in [5.74, 6) is 1.70. The summed E-state index contributed by atoms with van der Waals surface area (Å²) in [6.07, 6.45) is 4.21. The van der Waals surface area contributed by atoms with Gasteiger partial charge in [-0.1, -0.05) is 5.16 Å². The zero-order valence-electron chi connectivity index (χ0n) is 21.9. The van der Waals surface area contributed by atoms with Crippen LogP contribution in [0.3, 0.4) is 0 Å². The van der Waals surface area contributed by atoms with Crippen molar-refractivity contribution in [1.29, 1.82) is 0 Å². The zero-order valence-corrected chi connectivity index (χ0v) is 21.9. The van der Waals surface area contributed by atoms with E-state index in [0.717, 1.165) is 63.1 Å². The Kier molecular flexibility index (Phi) is 7.00. The van der Waals surface area contributed by atoms with Gasteiger partial charge in [0.2, 0.25) is 0 Å². The van der Waals surface area contributed by atoms with Crippen molar-refractivity contribution in [3.05, 3.63) is 29.3 Å². The van der Waals surface area contributed by atoms with Crippen LogP contribution in [0.2, 0.25) is 0 Å². The summed E-state index contributed by atoms with van der Waals surface area (Å²) >= 11 is 0. The van der Waals surface area contributed by atoms with Gasteiger partial charge in [-0.3, -0.25) is 0 Å². The zero-order chi connectivity index (χ0) is 25.4. The number of piperidine rings is 1. The average molecular weight is 491 g/mol. The van der Waals surface area contributed by atoms with Crippen molar-refractivity contribution in [1.82, 2.24) is 20.4 Å². The molecule has 1 aromatic carbocycles. The Bertz CT molecular complexity index is 1240. The molecule has 12 heteroatoms. The molecular formula is C24H33B3FN5O3. The molecule has 36 heavy (non-hydrogen) atoms. The van der Waals surface area contributed by atoms with E-state index in [1.165, 1.54) is 6.07 Å². The van der Waals surface area contributed by atoms with Crippen LogP contribution in [0.1, 0.15) is 37.1 Å². The maximum absolute atomic E-state index is 15.4. The predicted molar refractivity (Wildman–Crippen MR) is 146 cm³/mol. The number of aromatic nitrogens is 3. The van der Waals surface area contributed by atoms with Crippen molar-refractivity contribution in [3.63, 3.8) is 0 Å². The molecule has 4 heterocycles. The molecule has 188 valence electrons. The van der Waals surface area contributed by atoms with E-state index < -0.39 is 11.1 Å². The summed E-state index contributed by atoms with van der Waals surface area (Å²) in [5, 5.41) is 8.01.